The number of hydrogen-bond donors (Lipinski definition) is 0. The quantitative estimate of drug-likeness (QED) is 0.783. The van der Waals surface area contributed by atoms with E-state index in [0.29, 0.717) is 0 Å². The van der Waals surface area contributed by atoms with Gasteiger partial charge in [-0.3, -0.25) is 9.88 Å². The topological polar surface area (TPSA) is 28.6 Å². The van der Waals surface area contributed by atoms with E-state index in [1.807, 2.05) is 12.4 Å². The van der Waals surface area contributed by atoms with Crippen LogP contribution in [0.2, 0.25) is 0 Å². The van der Waals surface area contributed by atoms with E-state index >= 15 is 0 Å². The lowest BCUT2D eigenvalue weighted by molar-refractivity contribution is 0.144. The van der Waals surface area contributed by atoms with Crippen LogP contribution in [0.5, 0.6) is 0 Å². The molecule has 1 aromatic rings. The van der Waals surface area contributed by atoms with Crippen molar-refractivity contribution in [2.24, 2.45) is 0 Å². The van der Waals surface area contributed by atoms with Gasteiger partial charge in [-0.2, -0.15) is 0 Å². The van der Waals surface area contributed by atoms with E-state index in [2.05, 4.69) is 27.8 Å². The molecule has 0 aromatic carbocycles. The van der Waals surface area contributed by atoms with E-state index in [1.54, 1.807) is 7.11 Å². The summed E-state index contributed by atoms with van der Waals surface area (Å²) in [6.07, 6.45) is 3.86. The highest BCUT2D eigenvalue weighted by Crippen LogP contribution is 2.16. The van der Waals surface area contributed by atoms with Crippen LogP contribution in [-0.4, -0.2) is 56.3 Å². The lowest BCUT2D eigenvalue weighted by Gasteiger charge is -2.35. The molecule has 0 radical (unpaired) electrons. The first-order valence-electron chi connectivity index (χ1n) is 6.17. The van der Waals surface area contributed by atoms with Gasteiger partial charge in [0.15, 0.2) is 0 Å². The summed E-state index contributed by atoms with van der Waals surface area (Å²) in [5.41, 5.74) is 2.47. The Kier molecular flexibility index (Phi) is 4.34. The van der Waals surface area contributed by atoms with Crippen LogP contribution in [0.25, 0.3) is 0 Å². The third-order valence-corrected chi connectivity index (χ3v) is 3.21. The predicted octanol–water partition coefficient (Wildman–Crippen LogP) is 1.16. The highest BCUT2D eigenvalue weighted by Gasteiger charge is 2.16. The number of aryl methyl sites for hydroxylation is 1. The van der Waals surface area contributed by atoms with Gasteiger partial charge in [0.1, 0.15) is 0 Å². The maximum atomic E-state index is 5.11. The van der Waals surface area contributed by atoms with Gasteiger partial charge in [-0.15, -0.1) is 0 Å². The van der Waals surface area contributed by atoms with Crippen LogP contribution in [0.4, 0.5) is 5.69 Å². The average molecular weight is 235 g/mol. The van der Waals surface area contributed by atoms with Gasteiger partial charge in [-0.1, -0.05) is 0 Å². The molecule has 0 N–H and O–H groups in total. The molecule has 4 nitrogen and oxygen atoms in total. The lowest BCUT2D eigenvalue weighted by atomic mass is 10.2. The second-order valence-corrected chi connectivity index (χ2v) is 4.54. The Balaban J connectivity index is 1.86. The summed E-state index contributed by atoms with van der Waals surface area (Å²) in [5, 5.41) is 0. The minimum absolute atomic E-state index is 0.825. The van der Waals surface area contributed by atoms with Crippen molar-refractivity contribution in [2.45, 2.75) is 6.92 Å². The molecule has 0 atom stereocenters. The van der Waals surface area contributed by atoms with Gasteiger partial charge in [0.05, 0.1) is 18.5 Å². The molecule has 2 heterocycles. The Hall–Kier alpha value is -1.13. The molecule has 1 aromatic heterocycles. The van der Waals surface area contributed by atoms with Crippen molar-refractivity contribution in [3.05, 3.63) is 24.0 Å². The van der Waals surface area contributed by atoms with Crippen molar-refractivity contribution < 1.29 is 4.74 Å². The Bertz CT molecular complexity index is 348. The second kappa shape index (κ2) is 5.98. The number of nitrogens with zero attached hydrogens (tertiary/aromatic N) is 3. The van der Waals surface area contributed by atoms with Crippen LogP contribution in [0.3, 0.4) is 0 Å². The summed E-state index contributed by atoms with van der Waals surface area (Å²) < 4.78 is 5.11. The molecule has 1 aliphatic rings. The molecule has 1 aliphatic heterocycles. The summed E-state index contributed by atoms with van der Waals surface area (Å²) >= 11 is 0. The molecular formula is C13H21N3O. The van der Waals surface area contributed by atoms with E-state index in [4.69, 9.17) is 4.74 Å². The van der Waals surface area contributed by atoms with Crippen LogP contribution in [0, 0.1) is 6.92 Å². The number of rotatable bonds is 4. The monoisotopic (exact) mass is 235 g/mol. The molecule has 0 spiro atoms. The fourth-order valence-corrected chi connectivity index (χ4v) is 2.16. The molecular weight excluding hydrogens is 214 g/mol. The van der Waals surface area contributed by atoms with Crippen LogP contribution in [0.15, 0.2) is 18.5 Å². The van der Waals surface area contributed by atoms with E-state index in [0.717, 1.165) is 39.3 Å². The fraction of sp³-hybridized carbons (Fsp3) is 0.615. The smallest absolute Gasteiger partial charge is 0.0589 e. The minimum atomic E-state index is 0.825. The third-order valence-electron chi connectivity index (χ3n) is 3.21. The molecule has 2 rings (SSSR count). The molecule has 4 heteroatoms. The zero-order valence-electron chi connectivity index (χ0n) is 10.7. The first-order valence-corrected chi connectivity index (χ1v) is 6.17. The first kappa shape index (κ1) is 12.3. The zero-order chi connectivity index (χ0) is 12.1. The van der Waals surface area contributed by atoms with Gasteiger partial charge < -0.3 is 9.64 Å². The minimum Gasteiger partial charge on any atom is -0.383 e. The van der Waals surface area contributed by atoms with Crippen LogP contribution in [-0.2, 0) is 4.74 Å². The number of pyridine rings is 1. The summed E-state index contributed by atoms with van der Waals surface area (Å²) in [5.74, 6) is 0. The van der Waals surface area contributed by atoms with Crippen molar-refractivity contribution in [1.29, 1.82) is 0 Å². The molecule has 1 fully saturated rings. The standard InChI is InChI=1S/C13H21N3O/c1-12-9-13(11-14-10-12)16-5-3-15(4-6-16)7-8-17-2/h9-11H,3-8H2,1-2H3. The molecule has 17 heavy (non-hydrogen) atoms. The first-order chi connectivity index (χ1) is 8.29. The van der Waals surface area contributed by atoms with Gasteiger partial charge >= 0.3 is 0 Å². The highest BCUT2D eigenvalue weighted by atomic mass is 16.5. The fourth-order valence-electron chi connectivity index (χ4n) is 2.16. The van der Waals surface area contributed by atoms with Crippen LogP contribution in [0.1, 0.15) is 5.56 Å². The maximum Gasteiger partial charge on any atom is 0.0589 e. The SMILES string of the molecule is COCCN1CCN(c2cncc(C)c2)CC1. The largest absolute Gasteiger partial charge is 0.383 e. The predicted molar refractivity (Wildman–Crippen MR) is 69.5 cm³/mol. The molecule has 0 aliphatic carbocycles. The summed E-state index contributed by atoms with van der Waals surface area (Å²) in [6, 6.07) is 2.21. The Morgan fingerprint density at radius 2 is 2.00 bits per heavy atom. The molecule has 1 saturated heterocycles. The number of piperazine rings is 1. The van der Waals surface area contributed by atoms with E-state index in [9.17, 15) is 0 Å². The van der Waals surface area contributed by atoms with Crippen molar-refractivity contribution in [3.63, 3.8) is 0 Å². The van der Waals surface area contributed by atoms with E-state index in [-0.39, 0.29) is 0 Å². The second-order valence-electron chi connectivity index (χ2n) is 4.54. The Morgan fingerprint density at radius 1 is 1.24 bits per heavy atom. The number of anilines is 1. The molecule has 0 unspecified atom stereocenters. The molecule has 0 saturated carbocycles. The van der Waals surface area contributed by atoms with Crippen molar-refractivity contribution in [1.82, 2.24) is 9.88 Å². The molecule has 0 bridgehead atoms. The number of methoxy groups -OCH3 is 1. The number of aromatic nitrogens is 1. The maximum absolute atomic E-state index is 5.11. The summed E-state index contributed by atoms with van der Waals surface area (Å²) in [6.45, 7) is 8.33. The lowest BCUT2D eigenvalue weighted by Crippen LogP contribution is -2.47. The third kappa shape index (κ3) is 3.41. The molecule has 0 amide bonds. The average Bonchev–Trinajstić information content (AvgIpc) is 2.37. The summed E-state index contributed by atoms with van der Waals surface area (Å²) in [7, 11) is 1.76. The number of ether oxygens (including phenoxy) is 1. The van der Waals surface area contributed by atoms with Crippen molar-refractivity contribution in [2.75, 3.05) is 51.3 Å². The normalized spacial score (nSPS) is 17.4. The van der Waals surface area contributed by atoms with E-state index < -0.39 is 0 Å². The number of hydrogen-bond acceptors (Lipinski definition) is 4. The van der Waals surface area contributed by atoms with Gasteiger partial charge in [0.25, 0.3) is 0 Å². The Morgan fingerprint density at radius 3 is 2.65 bits per heavy atom. The Labute approximate surface area is 103 Å². The summed E-state index contributed by atoms with van der Waals surface area (Å²) in [4.78, 5) is 9.11. The van der Waals surface area contributed by atoms with Gasteiger partial charge in [-0.05, 0) is 18.6 Å². The van der Waals surface area contributed by atoms with Gasteiger partial charge in [0, 0.05) is 46.0 Å². The van der Waals surface area contributed by atoms with Crippen molar-refractivity contribution >= 4 is 5.69 Å². The zero-order valence-corrected chi connectivity index (χ0v) is 10.7. The van der Waals surface area contributed by atoms with Crippen LogP contribution < -0.4 is 4.90 Å². The van der Waals surface area contributed by atoms with Crippen molar-refractivity contribution in [3.8, 4) is 0 Å². The van der Waals surface area contributed by atoms with Crippen LogP contribution >= 0.6 is 0 Å². The van der Waals surface area contributed by atoms with Gasteiger partial charge in [-0.25, -0.2) is 0 Å². The molecule has 94 valence electrons. The van der Waals surface area contributed by atoms with E-state index in [1.165, 1.54) is 11.3 Å². The van der Waals surface area contributed by atoms with Gasteiger partial charge in [0.2, 0.25) is 0 Å². The highest BCUT2D eigenvalue weighted by molar-refractivity contribution is 5.46.